The molecule has 0 unspecified atom stereocenters. The number of rotatable bonds is 7. The van der Waals surface area contributed by atoms with Gasteiger partial charge in [0.25, 0.3) is 5.56 Å². The van der Waals surface area contributed by atoms with Crippen LogP contribution in [0, 0.1) is 17.8 Å². The molecule has 0 aliphatic heterocycles. The summed E-state index contributed by atoms with van der Waals surface area (Å²) in [5.41, 5.74) is 0.730. The monoisotopic (exact) mass is 385 g/mol. The summed E-state index contributed by atoms with van der Waals surface area (Å²) in [4.78, 5) is 29.6. The van der Waals surface area contributed by atoms with Crippen LogP contribution < -0.4 is 10.9 Å². The molecule has 0 bridgehead atoms. The summed E-state index contributed by atoms with van der Waals surface area (Å²) in [5, 5.41) is 13.2. The highest BCUT2D eigenvalue weighted by Gasteiger charge is 2.28. The van der Waals surface area contributed by atoms with Crippen molar-refractivity contribution in [2.45, 2.75) is 58.5 Å². The number of carbonyl (C=O) groups excluding carboxylic acids is 1. The van der Waals surface area contributed by atoms with E-state index < -0.39 is 0 Å². The molecule has 0 spiro atoms. The molecule has 3 rings (SSSR count). The van der Waals surface area contributed by atoms with Gasteiger partial charge in [-0.05, 0) is 49.7 Å². The molecule has 1 saturated carbocycles. The van der Waals surface area contributed by atoms with Crippen molar-refractivity contribution in [3.63, 3.8) is 0 Å². The first kappa shape index (κ1) is 20.5. The van der Waals surface area contributed by atoms with Crippen LogP contribution in [0.2, 0.25) is 0 Å². The maximum absolute atomic E-state index is 12.7. The quantitative estimate of drug-likeness (QED) is 0.768. The van der Waals surface area contributed by atoms with E-state index in [1.54, 1.807) is 10.9 Å². The van der Waals surface area contributed by atoms with E-state index in [1.807, 2.05) is 31.2 Å². The van der Waals surface area contributed by atoms with Gasteiger partial charge in [-0.3, -0.25) is 14.2 Å². The van der Waals surface area contributed by atoms with E-state index in [-0.39, 0.29) is 36.0 Å². The van der Waals surface area contributed by atoms with Crippen LogP contribution in [0.4, 0.5) is 0 Å². The van der Waals surface area contributed by atoms with Crippen LogP contribution >= 0.6 is 0 Å². The molecule has 0 saturated heterocycles. The van der Waals surface area contributed by atoms with Gasteiger partial charge < -0.3 is 10.4 Å². The number of benzene rings is 1. The predicted molar refractivity (Wildman–Crippen MR) is 110 cm³/mol. The molecule has 1 aromatic heterocycles. The standard InChI is InChI=1S/C22H31N3O3/c1-3-15(2)20(13-26)24-21(27)17-10-8-16(9-11-17)12-25-14-23-19-7-5-4-6-18(19)22(25)28/h4-7,14-17,20,26H,3,8-13H2,1-2H3,(H,24,27)/t15-,16?,17?,20-/m0/s1. The fourth-order valence-electron chi connectivity index (χ4n) is 4.07. The number of nitrogens with zero attached hydrogens (tertiary/aromatic N) is 2. The van der Waals surface area contributed by atoms with Crippen molar-refractivity contribution in [2.24, 2.45) is 17.8 Å². The molecule has 6 nitrogen and oxygen atoms in total. The normalized spacial score (nSPS) is 22.0. The zero-order valence-corrected chi connectivity index (χ0v) is 16.8. The van der Waals surface area contributed by atoms with Crippen molar-refractivity contribution in [1.82, 2.24) is 14.9 Å². The van der Waals surface area contributed by atoms with Crippen LogP contribution in [0.25, 0.3) is 10.9 Å². The maximum Gasteiger partial charge on any atom is 0.261 e. The number of carbonyl (C=O) groups is 1. The lowest BCUT2D eigenvalue weighted by Crippen LogP contribution is -2.45. The van der Waals surface area contributed by atoms with Gasteiger partial charge in [0.1, 0.15) is 0 Å². The molecule has 1 aliphatic carbocycles. The van der Waals surface area contributed by atoms with Gasteiger partial charge in [0.2, 0.25) is 5.91 Å². The van der Waals surface area contributed by atoms with Gasteiger partial charge in [0.05, 0.1) is 29.9 Å². The summed E-state index contributed by atoms with van der Waals surface area (Å²) >= 11 is 0. The second-order valence-electron chi connectivity index (χ2n) is 8.12. The molecule has 0 radical (unpaired) electrons. The Labute approximate surface area is 166 Å². The first-order valence-corrected chi connectivity index (χ1v) is 10.4. The van der Waals surface area contributed by atoms with Gasteiger partial charge in [0, 0.05) is 12.5 Å². The van der Waals surface area contributed by atoms with E-state index in [0.29, 0.717) is 17.8 Å². The minimum atomic E-state index is -0.169. The third kappa shape index (κ3) is 4.61. The minimum Gasteiger partial charge on any atom is -0.394 e. The van der Waals surface area contributed by atoms with Crippen molar-refractivity contribution in [3.8, 4) is 0 Å². The van der Waals surface area contributed by atoms with Gasteiger partial charge in [-0.25, -0.2) is 4.98 Å². The molecule has 2 aromatic rings. The van der Waals surface area contributed by atoms with Crippen molar-refractivity contribution in [2.75, 3.05) is 6.61 Å². The Kier molecular flexibility index (Phi) is 6.83. The number of aliphatic hydroxyl groups is 1. The molecule has 2 atom stereocenters. The Morgan fingerprint density at radius 1 is 1.29 bits per heavy atom. The highest BCUT2D eigenvalue weighted by molar-refractivity contribution is 5.79. The summed E-state index contributed by atoms with van der Waals surface area (Å²) in [5.74, 6) is 0.702. The van der Waals surface area contributed by atoms with Crippen LogP contribution in [0.5, 0.6) is 0 Å². The summed E-state index contributed by atoms with van der Waals surface area (Å²) < 4.78 is 1.71. The van der Waals surface area contributed by atoms with Crippen LogP contribution in [0.3, 0.4) is 0 Å². The average molecular weight is 386 g/mol. The van der Waals surface area contributed by atoms with Crippen LogP contribution in [-0.4, -0.2) is 33.2 Å². The molecular weight excluding hydrogens is 354 g/mol. The lowest BCUT2D eigenvalue weighted by atomic mass is 9.81. The van der Waals surface area contributed by atoms with Gasteiger partial charge in [-0.1, -0.05) is 32.4 Å². The Morgan fingerprint density at radius 2 is 2.00 bits per heavy atom. The van der Waals surface area contributed by atoms with Gasteiger partial charge in [-0.15, -0.1) is 0 Å². The fraction of sp³-hybridized carbons (Fsp3) is 0.591. The van der Waals surface area contributed by atoms with E-state index in [0.717, 1.165) is 37.6 Å². The van der Waals surface area contributed by atoms with E-state index in [9.17, 15) is 14.7 Å². The summed E-state index contributed by atoms with van der Waals surface area (Å²) in [6.07, 6.45) is 6.05. The largest absolute Gasteiger partial charge is 0.394 e. The molecular formula is C22H31N3O3. The molecule has 28 heavy (non-hydrogen) atoms. The number of aromatic nitrogens is 2. The summed E-state index contributed by atoms with van der Waals surface area (Å²) in [6, 6.07) is 7.24. The minimum absolute atomic E-state index is 0.000747. The highest BCUT2D eigenvalue weighted by atomic mass is 16.3. The van der Waals surface area contributed by atoms with E-state index >= 15 is 0 Å². The highest BCUT2D eigenvalue weighted by Crippen LogP contribution is 2.30. The zero-order valence-electron chi connectivity index (χ0n) is 16.8. The third-order valence-corrected chi connectivity index (χ3v) is 6.26. The van der Waals surface area contributed by atoms with Crippen molar-refractivity contribution in [1.29, 1.82) is 0 Å². The van der Waals surface area contributed by atoms with Crippen LogP contribution in [0.15, 0.2) is 35.4 Å². The number of aliphatic hydroxyl groups excluding tert-OH is 1. The first-order chi connectivity index (χ1) is 13.5. The van der Waals surface area contributed by atoms with Crippen molar-refractivity contribution >= 4 is 16.8 Å². The number of para-hydroxylation sites is 1. The van der Waals surface area contributed by atoms with E-state index in [1.165, 1.54) is 0 Å². The Bertz CT molecular complexity index is 855. The van der Waals surface area contributed by atoms with Crippen LogP contribution in [0.1, 0.15) is 46.0 Å². The maximum atomic E-state index is 12.7. The number of hydrogen-bond donors (Lipinski definition) is 2. The smallest absolute Gasteiger partial charge is 0.261 e. The molecule has 152 valence electrons. The Hall–Kier alpha value is -2.21. The SMILES string of the molecule is CC[C@H](C)[C@H](CO)NC(=O)C1CCC(Cn2cnc3ccccc3c2=O)CC1. The number of hydrogen-bond acceptors (Lipinski definition) is 4. The number of nitrogens with one attached hydrogen (secondary N) is 1. The Balaban J connectivity index is 1.56. The zero-order chi connectivity index (χ0) is 20.1. The van der Waals surface area contributed by atoms with Gasteiger partial charge in [-0.2, -0.15) is 0 Å². The second-order valence-corrected chi connectivity index (χ2v) is 8.12. The van der Waals surface area contributed by atoms with E-state index in [2.05, 4.69) is 17.2 Å². The average Bonchev–Trinajstić information content (AvgIpc) is 2.74. The summed E-state index contributed by atoms with van der Waals surface area (Å²) in [7, 11) is 0. The molecule has 1 amide bonds. The van der Waals surface area contributed by atoms with Gasteiger partial charge >= 0.3 is 0 Å². The Morgan fingerprint density at radius 3 is 2.68 bits per heavy atom. The second kappa shape index (κ2) is 9.32. The predicted octanol–water partition coefficient (Wildman–Crippen LogP) is 2.73. The molecule has 1 aromatic carbocycles. The number of amides is 1. The van der Waals surface area contributed by atoms with Crippen LogP contribution in [-0.2, 0) is 11.3 Å². The molecule has 1 aliphatic rings. The number of fused-ring (bicyclic) bond motifs is 1. The lowest BCUT2D eigenvalue weighted by molar-refractivity contribution is -0.127. The topological polar surface area (TPSA) is 84.2 Å². The van der Waals surface area contributed by atoms with E-state index in [4.69, 9.17) is 0 Å². The molecule has 1 fully saturated rings. The first-order valence-electron chi connectivity index (χ1n) is 10.4. The van der Waals surface area contributed by atoms with Crippen molar-refractivity contribution in [3.05, 3.63) is 40.9 Å². The third-order valence-electron chi connectivity index (χ3n) is 6.26. The molecule has 2 N–H and O–H groups in total. The summed E-state index contributed by atoms with van der Waals surface area (Å²) in [6.45, 7) is 4.74. The lowest BCUT2D eigenvalue weighted by Gasteiger charge is -2.30. The van der Waals surface area contributed by atoms with Gasteiger partial charge in [0.15, 0.2) is 0 Å². The fourth-order valence-corrected chi connectivity index (χ4v) is 4.07. The molecule has 6 heteroatoms. The molecule has 1 heterocycles. The van der Waals surface area contributed by atoms with Crippen molar-refractivity contribution < 1.29 is 9.90 Å².